The second kappa shape index (κ2) is 5.67. The number of carbonyl (C=O) groups excluding carboxylic acids is 1. The van der Waals surface area contributed by atoms with Gasteiger partial charge in [-0.1, -0.05) is 6.07 Å². The fraction of sp³-hybridized carbons (Fsp3) is 0.353. The number of anilines is 2. The lowest BCUT2D eigenvalue weighted by atomic mass is 9.99. The number of hydrogen-bond acceptors (Lipinski definition) is 3. The van der Waals surface area contributed by atoms with Crippen LogP contribution in [0.15, 0.2) is 18.2 Å². The highest BCUT2D eigenvalue weighted by Crippen LogP contribution is 2.39. The lowest BCUT2D eigenvalue weighted by Crippen LogP contribution is -2.51. The van der Waals surface area contributed by atoms with Gasteiger partial charge in [0.05, 0.1) is 23.1 Å². The number of carbonyl (C=O) groups is 2. The van der Waals surface area contributed by atoms with E-state index in [1.807, 2.05) is 39.0 Å². The summed E-state index contributed by atoms with van der Waals surface area (Å²) in [5, 5.41) is 16.7. The fourth-order valence-electron chi connectivity index (χ4n) is 3.42. The van der Waals surface area contributed by atoms with Gasteiger partial charge >= 0.3 is 6.09 Å². The molecule has 2 heterocycles. The molecule has 7 heteroatoms. The Morgan fingerprint density at radius 1 is 1.29 bits per heavy atom. The molecule has 2 amide bonds. The van der Waals surface area contributed by atoms with Crippen LogP contribution in [0.4, 0.5) is 16.2 Å². The summed E-state index contributed by atoms with van der Waals surface area (Å²) >= 11 is 0. The maximum atomic E-state index is 12.0. The predicted octanol–water partition coefficient (Wildman–Crippen LogP) is 2.93. The van der Waals surface area contributed by atoms with Gasteiger partial charge in [0.15, 0.2) is 0 Å². The Morgan fingerprint density at radius 2 is 2.00 bits per heavy atom. The molecule has 0 fully saturated rings. The zero-order chi connectivity index (χ0) is 17.6. The maximum absolute atomic E-state index is 12.0. The third-order valence-corrected chi connectivity index (χ3v) is 4.40. The Hall–Kier alpha value is -2.83. The first-order valence-corrected chi connectivity index (χ1v) is 7.77. The van der Waals surface area contributed by atoms with Gasteiger partial charge in [0.2, 0.25) is 5.91 Å². The van der Waals surface area contributed by atoms with Gasteiger partial charge in [0, 0.05) is 24.7 Å². The average molecular weight is 328 g/mol. The topological polar surface area (TPSA) is 89.5 Å². The first-order chi connectivity index (χ1) is 11.3. The molecule has 2 aromatic rings. The minimum atomic E-state index is -1.02. The molecule has 1 aliphatic rings. The van der Waals surface area contributed by atoms with E-state index in [1.165, 1.54) is 11.8 Å². The molecule has 0 radical (unpaired) electrons. The summed E-state index contributed by atoms with van der Waals surface area (Å²) in [5.41, 5.74) is 4.74. The molecule has 3 rings (SSSR count). The Kier molecular flexibility index (Phi) is 3.79. The molecular weight excluding hydrogens is 308 g/mol. The number of aryl methyl sites for hydroxylation is 2. The first kappa shape index (κ1) is 16.0. The number of H-pyrrole nitrogens is 1. The van der Waals surface area contributed by atoms with Crippen LogP contribution in [0.25, 0.3) is 11.1 Å². The van der Waals surface area contributed by atoms with E-state index in [-0.39, 0.29) is 18.5 Å². The molecule has 0 aliphatic carbocycles. The van der Waals surface area contributed by atoms with E-state index in [9.17, 15) is 14.7 Å². The quantitative estimate of drug-likeness (QED) is 0.842. The normalized spacial score (nSPS) is 16.9. The van der Waals surface area contributed by atoms with Crippen molar-refractivity contribution in [2.75, 3.05) is 16.3 Å². The minimum Gasteiger partial charge on any atom is -0.465 e. The molecule has 0 saturated carbocycles. The van der Waals surface area contributed by atoms with Crippen molar-refractivity contribution in [3.8, 4) is 11.1 Å². The summed E-state index contributed by atoms with van der Waals surface area (Å²) in [6.45, 7) is 7.41. The van der Waals surface area contributed by atoms with Crippen LogP contribution in [0.2, 0.25) is 0 Å². The van der Waals surface area contributed by atoms with Crippen molar-refractivity contribution < 1.29 is 14.7 Å². The number of aromatic amines is 1. The van der Waals surface area contributed by atoms with Crippen molar-refractivity contribution in [2.24, 2.45) is 0 Å². The third kappa shape index (κ3) is 2.42. The molecule has 24 heavy (non-hydrogen) atoms. The second-order valence-electron chi connectivity index (χ2n) is 6.14. The van der Waals surface area contributed by atoms with Crippen molar-refractivity contribution in [1.29, 1.82) is 0 Å². The van der Waals surface area contributed by atoms with Gasteiger partial charge in [0.1, 0.15) is 0 Å². The maximum Gasteiger partial charge on any atom is 0.411 e. The van der Waals surface area contributed by atoms with Crippen LogP contribution in [-0.2, 0) is 4.79 Å². The van der Waals surface area contributed by atoms with Gasteiger partial charge < -0.3 is 10.0 Å². The largest absolute Gasteiger partial charge is 0.465 e. The first-order valence-electron chi connectivity index (χ1n) is 7.77. The molecule has 0 spiro atoms. The van der Waals surface area contributed by atoms with E-state index in [0.717, 1.165) is 22.5 Å². The van der Waals surface area contributed by atoms with E-state index < -0.39 is 6.09 Å². The van der Waals surface area contributed by atoms with Gasteiger partial charge in [0.25, 0.3) is 0 Å². The van der Waals surface area contributed by atoms with Crippen molar-refractivity contribution in [1.82, 2.24) is 10.2 Å². The van der Waals surface area contributed by atoms with E-state index in [1.54, 1.807) is 4.90 Å². The molecule has 2 N–H and O–H groups in total. The van der Waals surface area contributed by atoms with Gasteiger partial charge in [-0.15, -0.1) is 0 Å². The molecule has 126 valence electrons. The summed E-state index contributed by atoms with van der Waals surface area (Å²) in [6, 6.07) is 5.31. The number of aromatic nitrogens is 2. The van der Waals surface area contributed by atoms with Crippen LogP contribution in [0.3, 0.4) is 0 Å². The van der Waals surface area contributed by atoms with Crippen LogP contribution in [0.5, 0.6) is 0 Å². The highest BCUT2D eigenvalue weighted by molar-refractivity contribution is 6.02. The molecular formula is C17H20N4O3. The summed E-state index contributed by atoms with van der Waals surface area (Å²) in [6.07, 6.45) is -1.02. The third-order valence-electron chi connectivity index (χ3n) is 4.40. The molecule has 1 aromatic heterocycles. The lowest BCUT2D eigenvalue weighted by Gasteiger charge is -2.39. The zero-order valence-electron chi connectivity index (χ0n) is 14.1. The zero-order valence-corrected chi connectivity index (χ0v) is 14.1. The van der Waals surface area contributed by atoms with E-state index >= 15 is 0 Å². The number of hydrogen-bond donors (Lipinski definition) is 2. The van der Waals surface area contributed by atoms with E-state index in [2.05, 4.69) is 10.2 Å². The number of benzene rings is 1. The van der Waals surface area contributed by atoms with Crippen molar-refractivity contribution >= 4 is 23.4 Å². The second-order valence-corrected chi connectivity index (χ2v) is 6.14. The number of amides is 2. The monoisotopic (exact) mass is 328 g/mol. The van der Waals surface area contributed by atoms with Crippen LogP contribution in [0, 0.1) is 13.8 Å². The number of rotatable bonds is 1. The van der Waals surface area contributed by atoms with Crippen LogP contribution in [0.1, 0.15) is 25.2 Å². The van der Waals surface area contributed by atoms with Gasteiger partial charge in [-0.25, -0.2) is 4.79 Å². The van der Waals surface area contributed by atoms with Gasteiger partial charge in [-0.2, -0.15) is 5.10 Å². The highest BCUT2D eigenvalue weighted by Gasteiger charge is 2.33. The van der Waals surface area contributed by atoms with Gasteiger partial charge in [-0.05, 0) is 38.5 Å². The molecule has 0 unspecified atom stereocenters. The average Bonchev–Trinajstić information content (AvgIpc) is 2.84. The molecule has 7 nitrogen and oxygen atoms in total. The standard InChI is InChI=1S/C17H20N4O3/c1-9-8-20(17(23)24)15-7-13(16-10(2)18-19-11(16)3)5-6-14(15)21(9)12(4)22/h5-7,9H,8H2,1-4H3,(H,18,19)(H,23,24)/t9-/m0/s1. The molecule has 1 aliphatic heterocycles. The lowest BCUT2D eigenvalue weighted by molar-refractivity contribution is -0.117. The van der Waals surface area contributed by atoms with Crippen LogP contribution >= 0.6 is 0 Å². The molecule has 0 bridgehead atoms. The number of fused-ring (bicyclic) bond motifs is 1. The van der Waals surface area contributed by atoms with E-state index in [0.29, 0.717) is 11.4 Å². The molecule has 1 aromatic carbocycles. The number of carboxylic acid groups (broad SMARTS) is 1. The van der Waals surface area contributed by atoms with Crippen LogP contribution in [-0.4, -0.2) is 39.9 Å². The summed E-state index contributed by atoms with van der Waals surface area (Å²) in [5.74, 6) is -0.0998. The van der Waals surface area contributed by atoms with Crippen LogP contribution < -0.4 is 9.80 Å². The van der Waals surface area contributed by atoms with Gasteiger partial charge in [-0.3, -0.25) is 14.8 Å². The number of nitrogens with one attached hydrogen (secondary N) is 1. The SMILES string of the molecule is CC(=O)N1c2ccc(-c3c(C)n[nH]c3C)cc2N(C(=O)O)C[C@@H]1C. The minimum absolute atomic E-state index is 0.0998. The van der Waals surface area contributed by atoms with Crippen molar-refractivity contribution in [3.05, 3.63) is 29.6 Å². The highest BCUT2D eigenvalue weighted by atomic mass is 16.4. The number of nitrogens with zero attached hydrogens (tertiary/aromatic N) is 3. The Bertz CT molecular complexity index is 808. The Labute approximate surface area is 139 Å². The fourth-order valence-corrected chi connectivity index (χ4v) is 3.42. The Balaban J connectivity index is 2.20. The summed E-state index contributed by atoms with van der Waals surface area (Å²) in [4.78, 5) is 26.6. The van der Waals surface area contributed by atoms with Crippen molar-refractivity contribution in [3.63, 3.8) is 0 Å². The van der Waals surface area contributed by atoms with E-state index in [4.69, 9.17) is 0 Å². The molecule has 1 atom stereocenters. The summed E-state index contributed by atoms with van der Waals surface area (Å²) in [7, 11) is 0. The summed E-state index contributed by atoms with van der Waals surface area (Å²) < 4.78 is 0. The smallest absolute Gasteiger partial charge is 0.411 e. The van der Waals surface area contributed by atoms with Crippen molar-refractivity contribution in [2.45, 2.75) is 33.7 Å². The molecule has 0 saturated heterocycles. The Morgan fingerprint density at radius 3 is 2.54 bits per heavy atom. The predicted molar refractivity (Wildman–Crippen MR) is 91.5 cm³/mol.